The molecule has 1 aromatic carbocycles. The van der Waals surface area contributed by atoms with E-state index in [0.29, 0.717) is 19.6 Å². The molecule has 0 spiro atoms. The Balaban J connectivity index is 1.58. The smallest absolute Gasteiger partial charge is 0.123 e. The molecule has 3 rings (SSSR count). The molecule has 1 fully saturated rings. The molecule has 0 amide bonds. The van der Waals surface area contributed by atoms with Crippen molar-refractivity contribution in [3.63, 3.8) is 0 Å². The third-order valence-corrected chi connectivity index (χ3v) is 4.55. The largest absolute Gasteiger partial charge is 0.487 e. The van der Waals surface area contributed by atoms with Gasteiger partial charge in [0.15, 0.2) is 0 Å². The molecule has 4 nitrogen and oxygen atoms in total. The fourth-order valence-electron chi connectivity index (χ4n) is 3.20. The first-order chi connectivity index (χ1) is 9.88. The second kappa shape index (κ2) is 5.27. The summed E-state index contributed by atoms with van der Waals surface area (Å²) in [6.07, 6.45) is 1.55. The summed E-state index contributed by atoms with van der Waals surface area (Å²) in [6, 6.07) is 6.35. The molecule has 0 bridgehead atoms. The fourth-order valence-corrected chi connectivity index (χ4v) is 3.20. The van der Waals surface area contributed by atoms with Crippen LogP contribution in [-0.2, 0) is 17.7 Å². The van der Waals surface area contributed by atoms with E-state index in [1.807, 2.05) is 6.92 Å². The van der Waals surface area contributed by atoms with E-state index in [1.165, 1.54) is 11.1 Å². The Bertz CT molecular complexity index is 529. The highest BCUT2D eigenvalue weighted by molar-refractivity contribution is 5.41. The molecule has 0 aliphatic carbocycles. The summed E-state index contributed by atoms with van der Waals surface area (Å²) >= 11 is 0. The minimum atomic E-state index is -0.734. The van der Waals surface area contributed by atoms with Gasteiger partial charge in [-0.05, 0) is 38.0 Å². The van der Waals surface area contributed by atoms with Crippen LogP contribution >= 0.6 is 0 Å². The standard InChI is InChI=1S/C17H25NO3/c1-12-17(19,6-7-20-12)11-18-10-13-4-5-15-14(8-13)9-16(2,3)21-15/h4-5,8,12,18-19H,6-7,9-11H2,1-3H3. The van der Waals surface area contributed by atoms with Gasteiger partial charge >= 0.3 is 0 Å². The van der Waals surface area contributed by atoms with Crippen molar-refractivity contribution in [2.75, 3.05) is 13.2 Å². The number of ether oxygens (including phenoxy) is 2. The molecule has 0 aromatic heterocycles. The highest BCUT2D eigenvalue weighted by atomic mass is 16.5. The Hall–Kier alpha value is -1.10. The van der Waals surface area contributed by atoms with Gasteiger partial charge in [0.05, 0.1) is 6.10 Å². The maximum absolute atomic E-state index is 10.5. The van der Waals surface area contributed by atoms with Crippen LogP contribution in [0.15, 0.2) is 18.2 Å². The van der Waals surface area contributed by atoms with Gasteiger partial charge in [0.25, 0.3) is 0 Å². The van der Waals surface area contributed by atoms with Crippen molar-refractivity contribution >= 4 is 0 Å². The van der Waals surface area contributed by atoms with Crippen LogP contribution in [0.4, 0.5) is 0 Å². The Morgan fingerprint density at radius 1 is 1.38 bits per heavy atom. The van der Waals surface area contributed by atoms with Crippen molar-refractivity contribution in [3.05, 3.63) is 29.3 Å². The van der Waals surface area contributed by atoms with Gasteiger partial charge in [0.1, 0.15) is 17.0 Å². The van der Waals surface area contributed by atoms with Gasteiger partial charge in [-0.15, -0.1) is 0 Å². The van der Waals surface area contributed by atoms with Crippen LogP contribution in [0.5, 0.6) is 5.75 Å². The molecule has 2 heterocycles. The molecule has 2 atom stereocenters. The number of fused-ring (bicyclic) bond motifs is 1. The zero-order valence-corrected chi connectivity index (χ0v) is 13.1. The third kappa shape index (κ3) is 3.07. The van der Waals surface area contributed by atoms with Crippen molar-refractivity contribution in [1.29, 1.82) is 0 Å². The molecule has 21 heavy (non-hydrogen) atoms. The van der Waals surface area contributed by atoms with Crippen LogP contribution in [0.3, 0.4) is 0 Å². The van der Waals surface area contributed by atoms with Gasteiger partial charge in [-0.25, -0.2) is 0 Å². The van der Waals surface area contributed by atoms with Crippen LogP contribution in [0.1, 0.15) is 38.3 Å². The van der Waals surface area contributed by atoms with E-state index in [1.54, 1.807) is 0 Å². The molecule has 4 heteroatoms. The SMILES string of the molecule is CC1OCCC1(O)CNCc1ccc2c(c1)CC(C)(C)O2. The van der Waals surface area contributed by atoms with E-state index < -0.39 is 5.60 Å². The van der Waals surface area contributed by atoms with Gasteiger partial charge in [0, 0.05) is 32.5 Å². The molecule has 0 saturated carbocycles. The zero-order valence-electron chi connectivity index (χ0n) is 13.1. The van der Waals surface area contributed by atoms with Crippen molar-refractivity contribution < 1.29 is 14.6 Å². The second-order valence-electron chi connectivity index (χ2n) is 6.95. The van der Waals surface area contributed by atoms with Crippen molar-refractivity contribution in [3.8, 4) is 5.75 Å². The van der Waals surface area contributed by atoms with Crippen molar-refractivity contribution in [1.82, 2.24) is 5.32 Å². The Morgan fingerprint density at radius 2 is 2.19 bits per heavy atom. The van der Waals surface area contributed by atoms with Crippen LogP contribution in [0.25, 0.3) is 0 Å². The van der Waals surface area contributed by atoms with E-state index >= 15 is 0 Å². The first kappa shape index (κ1) is 14.8. The zero-order chi connectivity index (χ0) is 15.1. The number of rotatable bonds is 4. The van der Waals surface area contributed by atoms with E-state index in [-0.39, 0.29) is 11.7 Å². The molecular formula is C17H25NO3. The summed E-state index contributed by atoms with van der Waals surface area (Å²) in [5, 5.41) is 13.8. The van der Waals surface area contributed by atoms with E-state index in [0.717, 1.165) is 18.7 Å². The molecule has 2 aliphatic heterocycles. The summed E-state index contributed by atoms with van der Waals surface area (Å²) in [7, 11) is 0. The molecule has 1 aromatic rings. The predicted octanol–water partition coefficient (Wildman–Crippen LogP) is 2.03. The number of hydrogen-bond acceptors (Lipinski definition) is 4. The lowest BCUT2D eigenvalue weighted by atomic mass is 9.96. The monoisotopic (exact) mass is 291 g/mol. The minimum Gasteiger partial charge on any atom is -0.487 e. The van der Waals surface area contributed by atoms with E-state index in [9.17, 15) is 5.11 Å². The van der Waals surface area contributed by atoms with E-state index in [4.69, 9.17) is 9.47 Å². The summed E-state index contributed by atoms with van der Waals surface area (Å²) in [4.78, 5) is 0. The number of nitrogens with one attached hydrogen (secondary N) is 1. The van der Waals surface area contributed by atoms with Crippen molar-refractivity contribution in [2.24, 2.45) is 0 Å². The van der Waals surface area contributed by atoms with Crippen LogP contribution in [0.2, 0.25) is 0 Å². The van der Waals surface area contributed by atoms with Crippen LogP contribution < -0.4 is 10.1 Å². The quantitative estimate of drug-likeness (QED) is 0.891. The Morgan fingerprint density at radius 3 is 2.90 bits per heavy atom. The maximum Gasteiger partial charge on any atom is 0.123 e. The maximum atomic E-state index is 10.5. The topological polar surface area (TPSA) is 50.7 Å². The molecule has 1 saturated heterocycles. The van der Waals surface area contributed by atoms with Crippen LogP contribution in [-0.4, -0.2) is 35.6 Å². The lowest BCUT2D eigenvalue weighted by Crippen LogP contribution is -2.45. The molecule has 2 N–H and O–H groups in total. The highest BCUT2D eigenvalue weighted by Gasteiger charge is 2.39. The molecule has 0 radical (unpaired) electrons. The van der Waals surface area contributed by atoms with Gasteiger partial charge in [-0.3, -0.25) is 0 Å². The summed E-state index contributed by atoms with van der Waals surface area (Å²) in [5.41, 5.74) is 1.67. The van der Waals surface area contributed by atoms with Gasteiger partial charge in [0.2, 0.25) is 0 Å². The van der Waals surface area contributed by atoms with Gasteiger partial charge < -0.3 is 19.9 Å². The first-order valence-electron chi connectivity index (χ1n) is 7.74. The molecule has 116 valence electrons. The molecular weight excluding hydrogens is 266 g/mol. The predicted molar refractivity (Wildman–Crippen MR) is 81.5 cm³/mol. The normalized spacial score (nSPS) is 30.2. The number of benzene rings is 1. The summed E-state index contributed by atoms with van der Waals surface area (Å²) in [6.45, 7) is 8.12. The fraction of sp³-hybridized carbons (Fsp3) is 0.647. The Kier molecular flexibility index (Phi) is 3.72. The Labute approximate surface area is 126 Å². The van der Waals surface area contributed by atoms with Gasteiger partial charge in [-0.1, -0.05) is 12.1 Å². The molecule has 2 unspecified atom stereocenters. The highest BCUT2D eigenvalue weighted by Crippen LogP contribution is 2.35. The van der Waals surface area contributed by atoms with E-state index in [2.05, 4.69) is 37.4 Å². The van der Waals surface area contributed by atoms with Gasteiger partial charge in [-0.2, -0.15) is 0 Å². The lowest BCUT2D eigenvalue weighted by molar-refractivity contribution is -0.0262. The second-order valence-corrected chi connectivity index (χ2v) is 6.95. The first-order valence-corrected chi connectivity index (χ1v) is 7.74. The third-order valence-electron chi connectivity index (χ3n) is 4.55. The molecule has 2 aliphatic rings. The minimum absolute atomic E-state index is 0.0971. The van der Waals surface area contributed by atoms with Crippen molar-refractivity contribution in [2.45, 2.75) is 57.5 Å². The summed E-state index contributed by atoms with van der Waals surface area (Å²) < 4.78 is 11.3. The van der Waals surface area contributed by atoms with Crippen LogP contribution in [0, 0.1) is 0 Å². The number of hydrogen-bond donors (Lipinski definition) is 2. The summed E-state index contributed by atoms with van der Waals surface area (Å²) in [5.74, 6) is 1.00. The average Bonchev–Trinajstić information content (AvgIpc) is 2.88. The average molecular weight is 291 g/mol. The number of aliphatic hydroxyl groups is 1. The lowest BCUT2D eigenvalue weighted by Gasteiger charge is -2.26.